The molecule has 176 valence electrons. The van der Waals surface area contributed by atoms with E-state index in [0.717, 1.165) is 0 Å². The quantitative estimate of drug-likeness (QED) is 0.160. The monoisotopic (exact) mass is 458 g/mol. The second-order valence-corrected chi connectivity index (χ2v) is 6.50. The minimum Gasteiger partial charge on any atom is -0.396 e. The standard InChI is InChI=1S/C11H18N6O14/c18-5-1-3-9(12(20)21,13(22)23)7-11(16(28)29,17(30)31)8-10(14(24)25,15(26)27)4-2-6-19/h18-19H,1-8H2. The van der Waals surface area contributed by atoms with Gasteiger partial charge in [0.1, 0.15) is 0 Å². The van der Waals surface area contributed by atoms with Gasteiger partial charge in [-0.3, -0.25) is 60.7 Å². The van der Waals surface area contributed by atoms with Crippen molar-refractivity contribution in [2.75, 3.05) is 13.2 Å². The highest BCUT2D eigenvalue weighted by Gasteiger charge is 2.78. The van der Waals surface area contributed by atoms with E-state index in [4.69, 9.17) is 10.2 Å². The molecule has 0 aliphatic rings. The van der Waals surface area contributed by atoms with Gasteiger partial charge in [-0.25, -0.2) is 0 Å². The van der Waals surface area contributed by atoms with E-state index in [9.17, 15) is 60.7 Å². The lowest BCUT2D eigenvalue weighted by Crippen LogP contribution is -2.63. The molecular weight excluding hydrogens is 440 g/mol. The van der Waals surface area contributed by atoms with Crippen LogP contribution in [0.2, 0.25) is 0 Å². The second-order valence-electron chi connectivity index (χ2n) is 6.50. The first-order chi connectivity index (χ1) is 14.2. The molecule has 20 heteroatoms. The zero-order valence-corrected chi connectivity index (χ0v) is 15.6. The fourth-order valence-electron chi connectivity index (χ4n) is 2.95. The maximum atomic E-state index is 11.6. The van der Waals surface area contributed by atoms with E-state index >= 15 is 0 Å². The van der Waals surface area contributed by atoms with Crippen LogP contribution in [0.3, 0.4) is 0 Å². The van der Waals surface area contributed by atoms with E-state index in [1.165, 1.54) is 0 Å². The van der Waals surface area contributed by atoms with Gasteiger partial charge in [0, 0.05) is 13.2 Å². The van der Waals surface area contributed by atoms with Gasteiger partial charge < -0.3 is 10.2 Å². The zero-order chi connectivity index (χ0) is 24.6. The van der Waals surface area contributed by atoms with Crippen LogP contribution in [0.25, 0.3) is 0 Å². The Kier molecular flexibility index (Phi) is 9.15. The van der Waals surface area contributed by atoms with E-state index in [1.54, 1.807) is 0 Å². The summed E-state index contributed by atoms with van der Waals surface area (Å²) >= 11 is 0. The summed E-state index contributed by atoms with van der Waals surface area (Å²) in [5.41, 5.74) is -11.4. The number of nitrogens with zero attached hydrogens (tertiary/aromatic N) is 6. The highest BCUT2D eigenvalue weighted by Crippen LogP contribution is 2.39. The topological polar surface area (TPSA) is 299 Å². The number of hydrogen-bond acceptors (Lipinski definition) is 14. The van der Waals surface area contributed by atoms with Gasteiger partial charge in [-0.2, -0.15) is 0 Å². The van der Waals surface area contributed by atoms with Gasteiger partial charge in [-0.1, -0.05) is 0 Å². The Morgan fingerprint density at radius 3 is 0.871 bits per heavy atom. The van der Waals surface area contributed by atoms with Crippen LogP contribution >= 0.6 is 0 Å². The zero-order valence-electron chi connectivity index (χ0n) is 15.6. The molecule has 0 bridgehead atoms. The third-order valence-electron chi connectivity index (χ3n) is 4.64. The van der Waals surface area contributed by atoms with Crippen LogP contribution in [0.4, 0.5) is 0 Å². The molecule has 0 rings (SSSR count). The number of rotatable bonds is 16. The minimum absolute atomic E-state index is 0.701. The van der Waals surface area contributed by atoms with E-state index in [-0.39, 0.29) is 0 Å². The molecule has 2 N–H and O–H groups in total. The predicted molar refractivity (Wildman–Crippen MR) is 92.0 cm³/mol. The van der Waals surface area contributed by atoms with Gasteiger partial charge in [0.05, 0.1) is 42.4 Å². The molecule has 0 amide bonds. The Morgan fingerprint density at radius 1 is 0.484 bits per heavy atom. The van der Waals surface area contributed by atoms with Gasteiger partial charge in [0.25, 0.3) is 0 Å². The van der Waals surface area contributed by atoms with E-state index in [0.29, 0.717) is 0 Å². The average molecular weight is 458 g/mol. The van der Waals surface area contributed by atoms with Crippen molar-refractivity contribution in [2.24, 2.45) is 0 Å². The summed E-state index contributed by atoms with van der Waals surface area (Å²) in [4.78, 5) is 58.5. The van der Waals surface area contributed by atoms with Crippen molar-refractivity contribution in [3.8, 4) is 0 Å². The fourth-order valence-corrected chi connectivity index (χ4v) is 2.95. The normalized spacial score (nSPS) is 12.2. The SMILES string of the molecule is O=[N+]([O-])C(CCCO)(CC(CC(CCCO)([N+](=O)[O-])[N+](=O)[O-])([N+](=O)[O-])[N+](=O)[O-])[N+](=O)[O-]. The largest absolute Gasteiger partial charge is 0.487 e. The van der Waals surface area contributed by atoms with Gasteiger partial charge in [-0.15, -0.1) is 0 Å². The summed E-state index contributed by atoms with van der Waals surface area (Å²) in [5, 5.41) is 86.6. The number of aliphatic hydroxyl groups is 2. The third kappa shape index (κ3) is 5.28. The first kappa shape index (κ1) is 27.3. The Labute approximate surface area is 170 Å². The van der Waals surface area contributed by atoms with Crippen LogP contribution in [0.1, 0.15) is 38.5 Å². The summed E-state index contributed by atoms with van der Waals surface area (Å²) in [6, 6.07) is 0. The van der Waals surface area contributed by atoms with Gasteiger partial charge >= 0.3 is 17.0 Å². The van der Waals surface area contributed by atoms with Gasteiger partial charge in [-0.05, 0) is 12.8 Å². The highest BCUT2D eigenvalue weighted by molar-refractivity contribution is 4.85. The Bertz CT molecular complexity index is 665. The molecule has 0 aromatic rings. The lowest BCUT2D eigenvalue weighted by Gasteiger charge is -2.25. The molecule has 0 saturated heterocycles. The molecule has 0 aromatic carbocycles. The molecule has 0 heterocycles. The van der Waals surface area contributed by atoms with Crippen molar-refractivity contribution in [1.82, 2.24) is 0 Å². The maximum Gasteiger partial charge on any atom is 0.487 e. The van der Waals surface area contributed by atoms with E-state index < -0.39 is 98.3 Å². The lowest BCUT2D eigenvalue weighted by atomic mass is 9.84. The first-order valence-corrected chi connectivity index (χ1v) is 8.29. The average Bonchev–Trinajstić information content (AvgIpc) is 2.65. The molecule has 0 spiro atoms. The summed E-state index contributed by atoms with van der Waals surface area (Å²) in [7, 11) is 0. The van der Waals surface area contributed by atoms with Crippen molar-refractivity contribution >= 4 is 0 Å². The van der Waals surface area contributed by atoms with Crippen LogP contribution in [0.15, 0.2) is 0 Å². The predicted octanol–water partition coefficient (Wildman–Crippen LogP) is -0.939. The molecule has 0 saturated carbocycles. The molecule has 31 heavy (non-hydrogen) atoms. The van der Waals surface area contributed by atoms with Crippen LogP contribution in [0, 0.1) is 60.7 Å². The van der Waals surface area contributed by atoms with Crippen LogP contribution < -0.4 is 0 Å². The Hall–Kier alpha value is -3.68. The Balaban J connectivity index is 6.93. The molecule has 0 aliphatic carbocycles. The fraction of sp³-hybridized carbons (Fsp3) is 1.00. The van der Waals surface area contributed by atoms with Crippen molar-refractivity contribution in [2.45, 2.75) is 55.5 Å². The summed E-state index contributed by atoms with van der Waals surface area (Å²) in [6.07, 6.45) is -8.24. The summed E-state index contributed by atoms with van der Waals surface area (Å²) in [6.45, 7) is -1.75. The molecule has 0 radical (unpaired) electrons. The molecular formula is C11H18N6O14. The lowest BCUT2D eigenvalue weighted by molar-refractivity contribution is -0.869. The number of nitro groups is 6. The van der Waals surface area contributed by atoms with Crippen LogP contribution in [-0.2, 0) is 0 Å². The summed E-state index contributed by atoms with van der Waals surface area (Å²) < 4.78 is 0. The smallest absolute Gasteiger partial charge is 0.396 e. The van der Waals surface area contributed by atoms with Gasteiger partial charge in [0.15, 0.2) is 0 Å². The first-order valence-electron chi connectivity index (χ1n) is 8.29. The highest BCUT2D eigenvalue weighted by atomic mass is 16.7. The second kappa shape index (κ2) is 10.4. The third-order valence-corrected chi connectivity index (χ3v) is 4.64. The molecule has 0 atom stereocenters. The van der Waals surface area contributed by atoms with Crippen molar-refractivity contribution in [3.05, 3.63) is 60.7 Å². The summed E-state index contributed by atoms with van der Waals surface area (Å²) in [5.74, 6) is 0. The molecule has 0 aliphatic heterocycles. The van der Waals surface area contributed by atoms with E-state index in [2.05, 4.69) is 0 Å². The molecule has 0 aromatic heterocycles. The van der Waals surface area contributed by atoms with E-state index in [1.807, 2.05) is 0 Å². The van der Waals surface area contributed by atoms with Crippen LogP contribution in [0.5, 0.6) is 0 Å². The number of aliphatic hydroxyl groups excluding tert-OH is 2. The molecule has 0 unspecified atom stereocenters. The minimum atomic E-state index is -4.09. The van der Waals surface area contributed by atoms with Crippen molar-refractivity contribution < 1.29 is 39.8 Å². The van der Waals surface area contributed by atoms with Crippen molar-refractivity contribution in [3.63, 3.8) is 0 Å². The van der Waals surface area contributed by atoms with Crippen molar-refractivity contribution in [1.29, 1.82) is 0 Å². The molecule has 20 nitrogen and oxygen atoms in total. The Morgan fingerprint density at radius 2 is 0.710 bits per heavy atom. The van der Waals surface area contributed by atoms with Crippen LogP contribution in [-0.4, -0.2) is 70.0 Å². The number of hydrogen-bond donors (Lipinski definition) is 2. The molecule has 0 fully saturated rings. The maximum absolute atomic E-state index is 11.6. The van der Waals surface area contributed by atoms with Gasteiger partial charge in [0.2, 0.25) is 12.8 Å².